The van der Waals surface area contributed by atoms with E-state index in [0.717, 1.165) is 11.1 Å². The van der Waals surface area contributed by atoms with Gasteiger partial charge in [0.1, 0.15) is 5.82 Å². The Hall–Kier alpha value is -5.95. The SMILES string of the molecule is O=c1c(-c2ccccc2F)cc(-c2ncccn2)cn1-c1cccc(CO)c1.O=c1c(Br)cc(-c2ncccn2)cn1-c1cccc(CO)c1. The van der Waals surface area contributed by atoms with Gasteiger partial charge in [0.15, 0.2) is 11.6 Å². The van der Waals surface area contributed by atoms with Gasteiger partial charge in [0.25, 0.3) is 11.1 Å². The third-order valence-electron chi connectivity index (χ3n) is 7.55. The van der Waals surface area contributed by atoms with Gasteiger partial charge in [-0.15, -0.1) is 0 Å². The molecule has 0 bridgehead atoms. The van der Waals surface area contributed by atoms with Crippen molar-refractivity contribution in [3.8, 4) is 45.3 Å². The molecule has 7 aromatic rings. The van der Waals surface area contributed by atoms with Crippen molar-refractivity contribution in [1.82, 2.24) is 29.1 Å². The van der Waals surface area contributed by atoms with Crippen molar-refractivity contribution in [3.05, 3.63) is 176 Å². The molecule has 3 aromatic carbocycles. The molecule has 2 N–H and O–H groups in total. The molecule has 0 saturated carbocycles. The number of benzene rings is 3. The van der Waals surface area contributed by atoms with Gasteiger partial charge in [-0.2, -0.15) is 0 Å². The molecule has 0 saturated heterocycles. The number of aliphatic hydroxyl groups excluding tert-OH is 2. The van der Waals surface area contributed by atoms with E-state index in [9.17, 15) is 24.2 Å². The van der Waals surface area contributed by atoms with Crippen LogP contribution in [-0.2, 0) is 13.2 Å². The third-order valence-corrected chi connectivity index (χ3v) is 8.11. The Morgan fingerprint density at radius 3 is 1.60 bits per heavy atom. The molecular formula is C38H28BrFN6O4. The van der Waals surface area contributed by atoms with Crippen LogP contribution in [0.4, 0.5) is 4.39 Å². The van der Waals surface area contributed by atoms with E-state index in [-0.39, 0.29) is 35.5 Å². The zero-order chi connectivity index (χ0) is 35.0. The molecule has 50 heavy (non-hydrogen) atoms. The van der Waals surface area contributed by atoms with Gasteiger partial charge >= 0.3 is 0 Å². The first-order valence-electron chi connectivity index (χ1n) is 15.2. The fourth-order valence-corrected chi connectivity index (χ4v) is 5.57. The first-order chi connectivity index (χ1) is 24.4. The van der Waals surface area contributed by atoms with E-state index >= 15 is 0 Å². The van der Waals surface area contributed by atoms with E-state index < -0.39 is 5.82 Å². The quantitative estimate of drug-likeness (QED) is 0.200. The van der Waals surface area contributed by atoms with E-state index in [1.54, 1.807) is 122 Å². The largest absolute Gasteiger partial charge is 0.392 e. The van der Waals surface area contributed by atoms with Gasteiger partial charge in [0, 0.05) is 65.2 Å². The molecule has 0 unspecified atom stereocenters. The molecule has 0 atom stereocenters. The van der Waals surface area contributed by atoms with Crippen LogP contribution in [-0.4, -0.2) is 39.3 Å². The molecule has 12 heteroatoms. The van der Waals surface area contributed by atoms with Gasteiger partial charge in [-0.25, -0.2) is 24.3 Å². The second-order valence-corrected chi connectivity index (χ2v) is 11.7. The summed E-state index contributed by atoms with van der Waals surface area (Å²) in [6.07, 6.45) is 9.83. The summed E-state index contributed by atoms with van der Waals surface area (Å²) in [6.45, 7) is -0.227. The Balaban J connectivity index is 0.000000178. The molecule has 0 aliphatic heterocycles. The van der Waals surface area contributed by atoms with Crippen LogP contribution in [0.3, 0.4) is 0 Å². The number of nitrogens with zero attached hydrogens (tertiary/aromatic N) is 6. The van der Waals surface area contributed by atoms with Gasteiger partial charge in [0.05, 0.1) is 23.2 Å². The summed E-state index contributed by atoms with van der Waals surface area (Å²) in [5.41, 5.74) is 3.79. The minimum atomic E-state index is -0.485. The van der Waals surface area contributed by atoms with Crippen LogP contribution in [0.5, 0.6) is 0 Å². The number of aromatic nitrogens is 6. The minimum absolute atomic E-state index is 0.0781. The maximum atomic E-state index is 14.4. The number of rotatable bonds is 7. The number of halogens is 2. The molecule has 0 spiro atoms. The Kier molecular flexibility index (Phi) is 10.5. The Morgan fingerprint density at radius 1 is 0.580 bits per heavy atom. The summed E-state index contributed by atoms with van der Waals surface area (Å²) in [4.78, 5) is 42.5. The van der Waals surface area contributed by atoms with E-state index in [0.29, 0.717) is 38.6 Å². The lowest BCUT2D eigenvalue weighted by Gasteiger charge is -2.13. The molecular weight excluding hydrogens is 703 g/mol. The molecule has 7 rings (SSSR count). The highest BCUT2D eigenvalue weighted by atomic mass is 79.9. The molecule has 4 aromatic heterocycles. The van der Waals surface area contributed by atoms with Gasteiger partial charge in [0.2, 0.25) is 0 Å². The standard InChI is InChI=1S/C22H16FN3O2.C16H12BrN3O2/c23-20-8-2-1-7-18(20)19-12-16(21-24-9-4-10-25-21)13-26(22(19)28)17-6-3-5-15(11-17)14-27;17-14-8-12(15-18-5-2-6-19-15)9-20(16(14)22)13-4-1-3-11(7-13)10-21/h1-13,27H,14H2;1-9,21H,10H2. The first-order valence-corrected chi connectivity index (χ1v) is 16.0. The van der Waals surface area contributed by atoms with Gasteiger partial charge in [-0.1, -0.05) is 42.5 Å². The number of hydrogen-bond donors (Lipinski definition) is 2. The Labute approximate surface area is 293 Å². The lowest BCUT2D eigenvalue weighted by molar-refractivity contribution is 0.281. The monoisotopic (exact) mass is 730 g/mol. The predicted octanol–water partition coefficient (Wildman–Crippen LogP) is 6.14. The Morgan fingerprint density at radius 2 is 1.08 bits per heavy atom. The van der Waals surface area contributed by atoms with Crippen LogP contribution in [0.25, 0.3) is 45.3 Å². The van der Waals surface area contributed by atoms with Crippen molar-refractivity contribution in [2.45, 2.75) is 13.2 Å². The van der Waals surface area contributed by atoms with Crippen LogP contribution < -0.4 is 11.1 Å². The van der Waals surface area contributed by atoms with Crippen LogP contribution in [0.2, 0.25) is 0 Å². The van der Waals surface area contributed by atoms with E-state index in [1.165, 1.54) is 15.2 Å². The fraction of sp³-hybridized carbons (Fsp3) is 0.0526. The molecule has 248 valence electrons. The lowest BCUT2D eigenvalue weighted by Crippen LogP contribution is -2.20. The summed E-state index contributed by atoms with van der Waals surface area (Å²) in [5.74, 6) is 0.476. The minimum Gasteiger partial charge on any atom is -0.392 e. The third kappa shape index (κ3) is 7.52. The first kappa shape index (κ1) is 33.9. The maximum absolute atomic E-state index is 14.4. The highest BCUT2D eigenvalue weighted by Crippen LogP contribution is 2.25. The summed E-state index contributed by atoms with van der Waals surface area (Å²) in [7, 11) is 0. The summed E-state index contributed by atoms with van der Waals surface area (Å²) >= 11 is 3.29. The highest BCUT2D eigenvalue weighted by molar-refractivity contribution is 9.10. The predicted molar refractivity (Wildman–Crippen MR) is 191 cm³/mol. The fourth-order valence-electron chi connectivity index (χ4n) is 5.14. The van der Waals surface area contributed by atoms with E-state index in [1.807, 2.05) is 6.07 Å². The van der Waals surface area contributed by atoms with E-state index in [4.69, 9.17) is 0 Å². The molecule has 4 heterocycles. The second-order valence-electron chi connectivity index (χ2n) is 10.9. The molecule has 0 aliphatic carbocycles. The molecule has 0 aliphatic rings. The number of pyridine rings is 2. The van der Waals surface area contributed by atoms with Crippen molar-refractivity contribution in [1.29, 1.82) is 0 Å². The van der Waals surface area contributed by atoms with Crippen LogP contribution >= 0.6 is 15.9 Å². The average Bonchev–Trinajstić information content (AvgIpc) is 3.17. The smallest absolute Gasteiger partial charge is 0.269 e. The van der Waals surface area contributed by atoms with Crippen molar-refractivity contribution in [3.63, 3.8) is 0 Å². The molecule has 0 amide bonds. The summed E-state index contributed by atoms with van der Waals surface area (Å²) in [6, 6.07) is 27.0. The van der Waals surface area contributed by atoms with E-state index in [2.05, 4.69) is 35.9 Å². The van der Waals surface area contributed by atoms with Crippen molar-refractivity contribution >= 4 is 15.9 Å². The van der Waals surface area contributed by atoms with Crippen molar-refractivity contribution in [2.75, 3.05) is 0 Å². The van der Waals surface area contributed by atoms with Crippen molar-refractivity contribution in [2.24, 2.45) is 0 Å². The molecule has 0 fully saturated rings. The summed E-state index contributed by atoms with van der Waals surface area (Å²) < 4.78 is 17.8. The maximum Gasteiger partial charge on any atom is 0.269 e. The zero-order valence-corrected chi connectivity index (χ0v) is 27.9. The number of hydrogen-bond acceptors (Lipinski definition) is 8. The van der Waals surface area contributed by atoms with Crippen LogP contribution in [0, 0.1) is 5.82 Å². The zero-order valence-electron chi connectivity index (χ0n) is 26.3. The van der Waals surface area contributed by atoms with Gasteiger partial charge < -0.3 is 10.2 Å². The number of aliphatic hydroxyl groups is 2. The normalized spacial score (nSPS) is 10.7. The van der Waals surface area contributed by atoms with Gasteiger partial charge in [-0.05, 0) is 81.7 Å². The lowest BCUT2D eigenvalue weighted by atomic mass is 10.0. The van der Waals surface area contributed by atoms with Gasteiger partial charge in [-0.3, -0.25) is 18.7 Å². The highest BCUT2D eigenvalue weighted by Gasteiger charge is 2.16. The summed E-state index contributed by atoms with van der Waals surface area (Å²) in [5, 5.41) is 18.7. The average molecular weight is 732 g/mol. The van der Waals surface area contributed by atoms with Crippen molar-refractivity contribution < 1.29 is 14.6 Å². The molecule has 0 radical (unpaired) electrons. The second kappa shape index (κ2) is 15.5. The molecule has 10 nitrogen and oxygen atoms in total. The van der Waals surface area contributed by atoms with Crippen LogP contribution in [0.15, 0.2) is 148 Å². The van der Waals surface area contributed by atoms with Crippen LogP contribution in [0.1, 0.15) is 11.1 Å². The topological polar surface area (TPSA) is 136 Å². The Bertz CT molecular complexity index is 2390.